The maximum atomic E-state index is 12.9. The van der Waals surface area contributed by atoms with Crippen molar-refractivity contribution < 1.29 is 14.3 Å². The number of carbonyl (C=O) groups excluding carboxylic acids is 1. The minimum atomic E-state index is -0.0718. The molecule has 3 heterocycles. The SMILES string of the molecule is Cc1ccc(N2CC[C@H](N3CCC[C@H](C4OCCO4)C3)C2=O)cc1. The molecule has 2 atom stereocenters. The van der Waals surface area contributed by atoms with Crippen LogP contribution in [0.2, 0.25) is 0 Å². The van der Waals surface area contributed by atoms with Gasteiger partial charge in [0.05, 0.1) is 19.3 Å². The Labute approximate surface area is 143 Å². The summed E-state index contributed by atoms with van der Waals surface area (Å²) in [4.78, 5) is 17.2. The Morgan fingerprint density at radius 1 is 1.04 bits per heavy atom. The molecule has 3 fully saturated rings. The molecule has 1 aromatic carbocycles. The Morgan fingerprint density at radius 2 is 1.79 bits per heavy atom. The Kier molecular flexibility index (Phi) is 4.57. The van der Waals surface area contributed by atoms with Crippen molar-refractivity contribution in [3.8, 4) is 0 Å². The van der Waals surface area contributed by atoms with E-state index < -0.39 is 0 Å². The number of hydrogen-bond acceptors (Lipinski definition) is 4. The minimum absolute atomic E-state index is 0.00973. The van der Waals surface area contributed by atoms with Gasteiger partial charge in [-0.1, -0.05) is 17.7 Å². The first kappa shape index (κ1) is 16.1. The smallest absolute Gasteiger partial charge is 0.244 e. The number of anilines is 1. The molecule has 0 aromatic heterocycles. The first-order valence-corrected chi connectivity index (χ1v) is 9.08. The summed E-state index contributed by atoms with van der Waals surface area (Å²) in [6, 6.07) is 8.25. The quantitative estimate of drug-likeness (QED) is 0.852. The van der Waals surface area contributed by atoms with Gasteiger partial charge in [-0.2, -0.15) is 0 Å². The second-order valence-electron chi connectivity index (χ2n) is 7.14. The number of benzene rings is 1. The standard InChI is InChI=1S/C19H26N2O3/c1-14-4-6-16(7-5-14)21-10-8-17(18(21)22)20-9-2-3-15(13-20)19-23-11-12-24-19/h4-7,15,17,19H,2-3,8-13H2,1H3/t15-,17-/m0/s1. The fraction of sp³-hybridized carbons (Fsp3) is 0.632. The van der Waals surface area contributed by atoms with Crippen LogP contribution in [0.4, 0.5) is 5.69 Å². The zero-order valence-corrected chi connectivity index (χ0v) is 14.3. The van der Waals surface area contributed by atoms with E-state index in [0.717, 1.165) is 44.6 Å². The van der Waals surface area contributed by atoms with Crippen LogP contribution in [0.15, 0.2) is 24.3 Å². The number of amides is 1. The highest BCUT2D eigenvalue weighted by Crippen LogP contribution is 2.30. The number of hydrogen-bond donors (Lipinski definition) is 0. The number of rotatable bonds is 3. The number of ether oxygens (including phenoxy) is 2. The van der Waals surface area contributed by atoms with E-state index in [4.69, 9.17) is 9.47 Å². The molecule has 1 amide bonds. The van der Waals surface area contributed by atoms with Crippen molar-refractivity contribution in [1.82, 2.24) is 4.90 Å². The van der Waals surface area contributed by atoms with Crippen molar-refractivity contribution in [2.75, 3.05) is 37.7 Å². The third-order valence-corrected chi connectivity index (χ3v) is 5.49. The summed E-state index contributed by atoms with van der Waals surface area (Å²) in [7, 11) is 0. The monoisotopic (exact) mass is 330 g/mol. The molecule has 0 unspecified atom stereocenters. The third-order valence-electron chi connectivity index (χ3n) is 5.49. The molecule has 0 N–H and O–H groups in total. The largest absolute Gasteiger partial charge is 0.350 e. The molecule has 4 rings (SSSR count). The zero-order chi connectivity index (χ0) is 16.5. The predicted octanol–water partition coefficient (Wildman–Crippen LogP) is 2.19. The molecule has 0 saturated carbocycles. The van der Waals surface area contributed by atoms with Gasteiger partial charge in [-0.25, -0.2) is 0 Å². The highest BCUT2D eigenvalue weighted by Gasteiger charge is 2.40. The van der Waals surface area contributed by atoms with Gasteiger partial charge in [0.1, 0.15) is 0 Å². The van der Waals surface area contributed by atoms with Gasteiger partial charge in [0.25, 0.3) is 0 Å². The van der Waals surface area contributed by atoms with Gasteiger partial charge in [-0.3, -0.25) is 9.69 Å². The van der Waals surface area contributed by atoms with Crippen molar-refractivity contribution in [1.29, 1.82) is 0 Å². The van der Waals surface area contributed by atoms with Crippen LogP contribution in [0, 0.1) is 12.8 Å². The fourth-order valence-corrected chi connectivity index (χ4v) is 4.18. The highest BCUT2D eigenvalue weighted by atomic mass is 16.7. The van der Waals surface area contributed by atoms with E-state index in [2.05, 4.69) is 36.1 Å². The summed E-state index contributed by atoms with van der Waals surface area (Å²) in [6.07, 6.45) is 3.08. The van der Waals surface area contributed by atoms with E-state index in [1.807, 2.05) is 4.90 Å². The van der Waals surface area contributed by atoms with Gasteiger partial charge in [-0.15, -0.1) is 0 Å². The first-order valence-electron chi connectivity index (χ1n) is 9.08. The average molecular weight is 330 g/mol. The van der Waals surface area contributed by atoms with E-state index in [-0.39, 0.29) is 18.2 Å². The van der Waals surface area contributed by atoms with Crippen LogP contribution in [0.3, 0.4) is 0 Å². The highest BCUT2D eigenvalue weighted by molar-refractivity contribution is 5.99. The lowest BCUT2D eigenvalue weighted by molar-refractivity contribution is -0.126. The van der Waals surface area contributed by atoms with Gasteiger partial charge < -0.3 is 14.4 Å². The molecule has 24 heavy (non-hydrogen) atoms. The van der Waals surface area contributed by atoms with Crippen molar-refractivity contribution in [2.45, 2.75) is 38.5 Å². The summed E-state index contributed by atoms with van der Waals surface area (Å²) in [5.74, 6) is 0.634. The Hall–Kier alpha value is -1.43. The van der Waals surface area contributed by atoms with Gasteiger partial charge in [0.15, 0.2) is 6.29 Å². The lowest BCUT2D eigenvalue weighted by Crippen LogP contribution is -2.49. The molecule has 5 heteroatoms. The minimum Gasteiger partial charge on any atom is -0.350 e. The second-order valence-corrected chi connectivity index (χ2v) is 7.14. The number of aryl methyl sites for hydroxylation is 1. The summed E-state index contributed by atoms with van der Waals surface area (Å²) in [5.41, 5.74) is 2.24. The number of carbonyl (C=O) groups is 1. The molecule has 130 valence electrons. The zero-order valence-electron chi connectivity index (χ0n) is 14.3. The van der Waals surface area contributed by atoms with Gasteiger partial charge in [0.2, 0.25) is 5.91 Å². The van der Waals surface area contributed by atoms with E-state index in [9.17, 15) is 4.79 Å². The lowest BCUT2D eigenvalue weighted by Gasteiger charge is -2.37. The maximum Gasteiger partial charge on any atom is 0.244 e. The number of nitrogens with zero attached hydrogens (tertiary/aromatic N) is 2. The van der Waals surface area contributed by atoms with Crippen LogP contribution < -0.4 is 4.90 Å². The van der Waals surface area contributed by atoms with Crippen LogP contribution >= 0.6 is 0 Å². The van der Waals surface area contributed by atoms with Crippen LogP contribution in [-0.4, -0.2) is 56.0 Å². The summed E-state index contributed by atoms with van der Waals surface area (Å²) in [6.45, 7) is 6.18. The summed E-state index contributed by atoms with van der Waals surface area (Å²) in [5, 5.41) is 0. The predicted molar refractivity (Wildman–Crippen MR) is 91.9 cm³/mol. The Balaban J connectivity index is 1.43. The molecule has 0 aliphatic carbocycles. The molecule has 0 radical (unpaired) electrons. The molecule has 3 aliphatic heterocycles. The molecule has 3 aliphatic rings. The summed E-state index contributed by atoms with van der Waals surface area (Å²) < 4.78 is 11.4. The van der Waals surface area contributed by atoms with Crippen LogP contribution in [0.25, 0.3) is 0 Å². The van der Waals surface area contributed by atoms with E-state index >= 15 is 0 Å². The summed E-state index contributed by atoms with van der Waals surface area (Å²) >= 11 is 0. The van der Waals surface area contributed by atoms with Crippen molar-refractivity contribution in [3.63, 3.8) is 0 Å². The van der Waals surface area contributed by atoms with Crippen molar-refractivity contribution in [2.24, 2.45) is 5.92 Å². The molecule has 0 bridgehead atoms. The lowest BCUT2D eigenvalue weighted by atomic mass is 9.95. The number of likely N-dealkylation sites (tertiary alicyclic amines) is 1. The fourth-order valence-electron chi connectivity index (χ4n) is 4.18. The normalized spacial score (nSPS) is 29.5. The third kappa shape index (κ3) is 3.08. The van der Waals surface area contributed by atoms with E-state index in [1.54, 1.807) is 0 Å². The van der Waals surface area contributed by atoms with Gasteiger partial charge >= 0.3 is 0 Å². The second kappa shape index (κ2) is 6.82. The molecule has 5 nitrogen and oxygen atoms in total. The first-order chi connectivity index (χ1) is 11.7. The van der Waals surface area contributed by atoms with Crippen molar-refractivity contribution >= 4 is 11.6 Å². The van der Waals surface area contributed by atoms with Crippen molar-refractivity contribution in [3.05, 3.63) is 29.8 Å². The van der Waals surface area contributed by atoms with Crippen LogP contribution in [0.5, 0.6) is 0 Å². The topological polar surface area (TPSA) is 42.0 Å². The molecule has 1 aromatic rings. The molecular formula is C19H26N2O3. The average Bonchev–Trinajstić information content (AvgIpc) is 3.26. The van der Waals surface area contributed by atoms with Gasteiger partial charge in [-0.05, 0) is 44.9 Å². The maximum absolute atomic E-state index is 12.9. The Morgan fingerprint density at radius 3 is 2.54 bits per heavy atom. The Bertz CT molecular complexity index is 583. The van der Waals surface area contributed by atoms with E-state index in [1.165, 1.54) is 5.56 Å². The van der Waals surface area contributed by atoms with Crippen LogP contribution in [0.1, 0.15) is 24.8 Å². The molecule has 0 spiro atoms. The van der Waals surface area contributed by atoms with Gasteiger partial charge in [0, 0.05) is 24.7 Å². The number of piperidine rings is 1. The van der Waals surface area contributed by atoms with Crippen LogP contribution in [-0.2, 0) is 14.3 Å². The molecule has 3 saturated heterocycles. The molecular weight excluding hydrogens is 304 g/mol. The van der Waals surface area contributed by atoms with E-state index in [0.29, 0.717) is 19.1 Å².